The van der Waals surface area contributed by atoms with Crippen molar-refractivity contribution in [1.82, 2.24) is 14.4 Å². The third-order valence-electron chi connectivity index (χ3n) is 5.11. The second-order valence-corrected chi connectivity index (χ2v) is 8.67. The summed E-state index contributed by atoms with van der Waals surface area (Å²) in [5, 5.41) is 13.7. The topological polar surface area (TPSA) is 104 Å². The number of aryl methyl sites for hydroxylation is 2. The molecule has 2 saturated heterocycles. The summed E-state index contributed by atoms with van der Waals surface area (Å²) in [6.45, 7) is 5.48. The van der Waals surface area contributed by atoms with Gasteiger partial charge in [0.15, 0.2) is 0 Å². The standard InChI is InChI=1S/C14H21N3O5S/c1-9-12(10(2)22-15-9)6-16-4-11-5-17(23(3,20)21)8-14(11,7-16)13(18)19/h11H,4-8H2,1-3H3,(H,18,19)/t11-,14-/m1/s1. The summed E-state index contributed by atoms with van der Waals surface area (Å²) in [6.07, 6.45) is 1.13. The third-order valence-corrected chi connectivity index (χ3v) is 6.32. The Labute approximate surface area is 135 Å². The summed E-state index contributed by atoms with van der Waals surface area (Å²) < 4.78 is 30.0. The number of carboxylic acids is 1. The van der Waals surface area contributed by atoms with Gasteiger partial charge in [-0.3, -0.25) is 9.69 Å². The van der Waals surface area contributed by atoms with Crippen molar-refractivity contribution in [2.24, 2.45) is 11.3 Å². The van der Waals surface area contributed by atoms with E-state index in [0.29, 0.717) is 19.6 Å². The lowest BCUT2D eigenvalue weighted by molar-refractivity contribution is -0.148. The van der Waals surface area contributed by atoms with Crippen LogP contribution in [-0.4, -0.2) is 66.3 Å². The zero-order valence-electron chi connectivity index (χ0n) is 13.4. The van der Waals surface area contributed by atoms with Crippen LogP contribution in [0, 0.1) is 25.2 Å². The second kappa shape index (κ2) is 5.29. The number of hydrogen-bond acceptors (Lipinski definition) is 6. The highest BCUT2D eigenvalue weighted by Gasteiger charge is 2.59. The Hall–Kier alpha value is -1.45. The van der Waals surface area contributed by atoms with Gasteiger partial charge < -0.3 is 9.63 Å². The average Bonchev–Trinajstić information content (AvgIpc) is 3.04. The van der Waals surface area contributed by atoms with Crippen molar-refractivity contribution in [1.29, 1.82) is 0 Å². The molecule has 0 saturated carbocycles. The molecule has 0 spiro atoms. The number of fused-ring (bicyclic) bond motifs is 1. The van der Waals surface area contributed by atoms with Gasteiger partial charge in [0.05, 0.1) is 17.4 Å². The summed E-state index contributed by atoms with van der Waals surface area (Å²) in [6, 6.07) is 0. The third kappa shape index (κ3) is 2.66. The highest BCUT2D eigenvalue weighted by molar-refractivity contribution is 7.88. The van der Waals surface area contributed by atoms with Crippen LogP contribution in [0.2, 0.25) is 0 Å². The fraction of sp³-hybridized carbons (Fsp3) is 0.714. The van der Waals surface area contributed by atoms with E-state index in [4.69, 9.17) is 4.52 Å². The smallest absolute Gasteiger partial charge is 0.312 e. The Bertz CT molecular complexity index is 724. The quantitative estimate of drug-likeness (QED) is 0.825. The van der Waals surface area contributed by atoms with Crippen molar-refractivity contribution in [3.63, 3.8) is 0 Å². The fourth-order valence-electron chi connectivity index (χ4n) is 3.75. The molecule has 1 N–H and O–H groups in total. The molecule has 0 unspecified atom stereocenters. The van der Waals surface area contributed by atoms with E-state index in [1.54, 1.807) is 0 Å². The van der Waals surface area contributed by atoms with E-state index in [1.165, 1.54) is 4.31 Å². The first-order valence-electron chi connectivity index (χ1n) is 7.46. The van der Waals surface area contributed by atoms with Gasteiger partial charge in [0.1, 0.15) is 5.76 Å². The van der Waals surface area contributed by atoms with E-state index in [9.17, 15) is 18.3 Å². The lowest BCUT2D eigenvalue weighted by Crippen LogP contribution is -2.41. The number of hydrogen-bond donors (Lipinski definition) is 1. The summed E-state index contributed by atoms with van der Waals surface area (Å²) in [4.78, 5) is 13.9. The van der Waals surface area contributed by atoms with E-state index < -0.39 is 21.4 Å². The van der Waals surface area contributed by atoms with Gasteiger partial charge in [0, 0.05) is 44.2 Å². The zero-order chi connectivity index (χ0) is 17.0. The van der Waals surface area contributed by atoms with E-state index in [2.05, 4.69) is 10.1 Å². The number of carbonyl (C=O) groups is 1. The molecular weight excluding hydrogens is 322 g/mol. The number of carboxylic acid groups (broad SMARTS) is 1. The van der Waals surface area contributed by atoms with E-state index in [0.717, 1.165) is 23.3 Å². The molecule has 1 aromatic heterocycles. The lowest BCUT2D eigenvalue weighted by Gasteiger charge is -2.24. The summed E-state index contributed by atoms with van der Waals surface area (Å²) >= 11 is 0. The molecule has 0 amide bonds. The Morgan fingerprint density at radius 3 is 2.57 bits per heavy atom. The van der Waals surface area contributed by atoms with Crippen molar-refractivity contribution < 1.29 is 22.8 Å². The molecule has 1 aromatic rings. The predicted octanol–water partition coefficient (Wildman–Crippen LogP) is 0.0694. The molecule has 2 aliphatic heterocycles. The van der Waals surface area contributed by atoms with Crippen molar-refractivity contribution in [3.05, 3.63) is 17.0 Å². The SMILES string of the molecule is Cc1noc(C)c1CN1C[C@@H]2CN(S(C)(=O)=O)C[C@]2(C(=O)O)C1. The molecule has 2 aliphatic rings. The maximum atomic E-state index is 11.9. The minimum atomic E-state index is -3.37. The Kier molecular flexibility index (Phi) is 3.77. The number of aromatic nitrogens is 1. The molecule has 3 rings (SSSR count). The minimum Gasteiger partial charge on any atom is -0.481 e. The van der Waals surface area contributed by atoms with Gasteiger partial charge >= 0.3 is 5.97 Å². The molecule has 0 bridgehead atoms. The summed E-state index contributed by atoms with van der Waals surface area (Å²) in [5.74, 6) is -0.383. The Morgan fingerprint density at radius 1 is 1.39 bits per heavy atom. The molecule has 9 heteroatoms. The number of nitrogens with zero attached hydrogens (tertiary/aromatic N) is 3. The van der Waals surface area contributed by atoms with Crippen LogP contribution in [0.3, 0.4) is 0 Å². The van der Waals surface area contributed by atoms with E-state index in [-0.39, 0.29) is 19.0 Å². The second-order valence-electron chi connectivity index (χ2n) is 6.69. The first kappa shape index (κ1) is 16.4. The molecule has 128 valence electrons. The van der Waals surface area contributed by atoms with Crippen LogP contribution < -0.4 is 0 Å². The monoisotopic (exact) mass is 343 g/mol. The first-order valence-corrected chi connectivity index (χ1v) is 9.31. The highest BCUT2D eigenvalue weighted by atomic mass is 32.2. The van der Waals surface area contributed by atoms with Crippen LogP contribution in [0.15, 0.2) is 4.52 Å². The van der Waals surface area contributed by atoms with Gasteiger partial charge in [-0.1, -0.05) is 5.16 Å². The van der Waals surface area contributed by atoms with Gasteiger partial charge in [0.2, 0.25) is 10.0 Å². The zero-order valence-corrected chi connectivity index (χ0v) is 14.3. The van der Waals surface area contributed by atoms with E-state index >= 15 is 0 Å². The van der Waals surface area contributed by atoms with Gasteiger partial charge in [-0.15, -0.1) is 0 Å². The molecule has 0 aromatic carbocycles. The van der Waals surface area contributed by atoms with Gasteiger partial charge in [-0.2, -0.15) is 0 Å². The maximum Gasteiger partial charge on any atom is 0.312 e. The highest BCUT2D eigenvalue weighted by Crippen LogP contribution is 2.44. The van der Waals surface area contributed by atoms with Gasteiger partial charge in [-0.25, -0.2) is 12.7 Å². The van der Waals surface area contributed by atoms with Crippen molar-refractivity contribution in [3.8, 4) is 0 Å². The van der Waals surface area contributed by atoms with Gasteiger partial charge in [0.25, 0.3) is 0 Å². The van der Waals surface area contributed by atoms with Crippen LogP contribution in [0.4, 0.5) is 0 Å². The number of rotatable bonds is 4. The van der Waals surface area contributed by atoms with Crippen molar-refractivity contribution >= 4 is 16.0 Å². The fourth-order valence-corrected chi connectivity index (χ4v) is 4.67. The van der Waals surface area contributed by atoms with Crippen LogP contribution in [0.25, 0.3) is 0 Å². The van der Waals surface area contributed by atoms with Crippen molar-refractivity contribution in [2.75, 3.05) is 32.4 Å². The largest absolute Gasteiger partial charge is 0.481 e. The minimum absolute atomic E-state index is 0.0456. The van der Waals surface area contributed by atoms with Gasteiger partial charge in [-0.05, 0) is 13.8 Å². The molecule has 2 fully saturated rings. The molecule has 0 radical (unpaired) electrons. The predicted molar refractivity (Wildman–Crippen MR) is 81.2 cm³/mol. The number of likely N-dealkylation sites (tertiary alicyclic amines) is 1. The number of aliphatic carboxylic acids is 1. The molecule has 8 nitrogen and oxygen atoms in total. The molecule has 23 heavy (non-hydrogen) atoms. The molecule has 3 heterocycles. The van der Waals surface area contributed by atoms with Crippen molar-refractivity contribution in [2.45, 2.75) is 20.4 Å². The Morgan fingerprint density at radius 2 is 2.09 bits per heavy atom. The average molecular weight is 343 g/mol. The van der Waals surface area contributed by atoms with Crippen LogP contribution in [-0.2, 0) is 21.4 Å². The van der Waals surface area contributed by atoms with Crippen LogP contribution in [0.1, 0.15) is 17.0 Å². The number of sulfonamides is 1. The lowest BCUT2D eigenvalue weighted by atomic mass is 9.81. The molecular formula is C14H21N3O5S. The molecule has 0 aliphatic carbocycles. The Balaban J connectivity index is 1.81. The summed E-state index contributed by atoms with van der Waals surface area (Å²) in [5.41, 5.74) is 0.759. The van der Waals surface area contributed by atoms with Crippen LogP contribution in [0.5, 0.6) is 0 Å². The maximum absolute atomic E-state index is 11.9. The summed E-state index contributed by atoms with van der Waals surface area (Å²) in [7, 11) is -3.37. The van der Waals surface area contributed by atoms with Crippen LogP contribution >= 0.6 is 0 Å². The first-order chi connectivity index (χ1) is 10.6. The molecule has 2 atom stereocenters. The normalized spacial score (nSPS) is 29.1. The van der Waals surface area contributed by atoms with E-state index in [1.807, 2.05) is 13.8 Å².